The van der Waals surface area contributed by atoms with Crippen LogP contribution in [0.3, 0.4) is 0 Å². The molecule has 6 heteroatoms. The Morgan fingerprint density at radius 2 is 1.57 bits per heavy atom. The number of hydrogen-bond acceptors (Lipinski definition) is 3. The second-order valence-corrected chi connectivity index (χ2v) is 2.99. The first-order chi connectivity index (χ1) is 6.34. The van der Waals surface area contributed by atoms with Crippen LogP contribution in [0.15, 0.2) is 0 Å². The zero-order chi connectivity index (χ0) is 11.3. The minimum Gasteiger partial charge on any atom is -0.480 e. The minimum atomic E-state index is -1.12. The van der Waals surface area contributed by atoms with Crippen molar-refractivity contribution in [1.29, 1.82) is 0 Å². The number of carboxylic acids is 1. The molecule has 6 nitrogen and oxygen atoms in total. The second kappa shape index (κ2) is 5.21. The van der Waals surface area contributed by atoms with Crippen LogP contribution in [0, 0.1) is 0 Å². The molecule has 0 saturated carbocycles. The van der Waals surface area contributed by atoms with Gasteiger partial charge in [-0.15, -0.1) is 0 Å². The Hall–Kier alpha value is -1.59. The van der Waals surface area contributed by atoms with Crippen molar-refractivity contribution in [3.05, 3.63) is 0 Å². The SMILES string of the molecule is CC(=O)NC(C)C(=O)N[C@H](C)C(=O)O. The first kappa shape index (κ1) is 12.4. The number of aliphatic carboxylic acids is 1. The maximum absolute atomic E-state index is 11.2. The molecule has 0 aromatic heterocycles. The zero-order valence-electron chi connectivity index (χ0n) is 8.33. The Bertz CT molecular complexity index is 252. The predicted molar refractivity (Wildman–Crippen MR) is 48.5 cm³/mol. The van der Waals surface area contributed by atoms with Crippen LogP contribution >= 0.6 is 0 Å². The summed E-state index contributed by atoms with van der Waals surface area (Å²) in [6, 6.07) is -1.69. The van der Waals surface area contributed by atoms with Crippen LogP contribution in [0.25, 0.3) is 0 Å². The third-order valence-corrected chi connectivity index (χ3v) is 1.54. The molecule has 0 aromatic rings. The van der Waals surface area contributed by atoms with Crippen LogP contribution in [0.5, 0.6) is 0 Å². The average molecular weight is 202 g/mol. The Labute approximate surface area is 81.7 Å². The molecule has 0 aliphatic rings. The summed E-state index contributed by atoms with van der Waals surface area (Å²) in [4.78, 5) is 32.2. The fourth-order valence-corrected chi connectivity index (χ4v) is 0.771. The number of carbonyl (C=O) groups is 3. The van der Waals surface area contributed by atoms with Crippen LogP contribution in [0.2, 0.25) is 0 Å². The summed E-state index contributed by atoms with van der Waals surface area (Å²) >= 11 is 0. The van der Waals surface area contributed by atoms with E-state index in [0.717, 1.165) is 0 Å². The highest BCUT2D eigenvalue weighted by Crippen LogP contribution is 1.86. The molecule has 0 heterocycles. The fraction of sp³-hybridized carbons (Fsp3) is 0.625. The van der Waals surface area contributed by atoms with Gasteiger partial charge in [-0.25, -0.2) is 0 Å². The van der Waals surface area contributed by atoms with Crippen LogP contribution in [-0.2, 0) is 14.4 Å². The van der Waals surface area contributed by atoms with E-state index >= 15 is 0 Å². The molecule has 0 saturated heterocycles. The lowest BCUT2D eigenvalue weighted by Gasteiger charge is -2.14. The lowest BCUT2D eigenvalue weighted by atomic mass is 10.2. The maximum atomic E-state index is 11.2. The van der Waals surface area contributed by atoms with Crippen molar-refractivity contribution < 1.29 is 19.5 Å². The van der Waals surface area contributed by atoms with Gasteiger partial charge in [-0.2, -0.15) is 0 Å². The van der Waals surface area contributed by atoms with Gasteiger partial charge in [0.1, 0.15) is 12.1 Å². The van der Waals surface area contributed by atoms with Gasteiger partial charge in [0, 0.05) is 6.92 Å². The Balaban J connectivity index is 4.07. The highest BCUT2D eigenvalue weighted by atomic mass is 16.4. The summed E-state index contributed by atoms with van der Waals surface area (Å²) in [5.74, 6) is -1.97. The average Bonchev–Trinajstić information content (AvgIpc) is 2.02. The summed E-state index contributed by atoms with van der Waals surface area (Å²) in [5, 5.41) is 13.1. The first-order valence-electron chi connectivity index (χ1n) is 4.15. The van der Waals surface area contributed by atoms with Crippen molar-refractivity contribution in [3.63, 3.8) is 0 Å². The van der Waals surface area contributed by atoms with Crippen molar-refractivity contribution in [2.75, 3.05) is 0 Å². The molecule has 3 N–H and O–H groups in total. The maximum Gasteiger partial charge on any atom is 0.325 e. The fourth-order valence-electron chi connectivity index (χ4n) is 0.771. The van der Waals surface area contributed by atoms with E-state index < -0.39 is 24.0 Å². The molecule has 0 spiro atoms. The molecule has 0 bridgehead atoms. The molecule has 80 valence electrons. The molecular weight excluding hydrogens is 188 g/mol. The zero-order valence-corrected chi connectivity index (χ0v) is 8.33. The third-order valence-electron chi connectivity index (χ3n) is 1.54. The molecule has 0 rings (SSSR count). The standard InChI is InChI=1S/C8H14N2O4/c1-4(9-6(3)11)7(12)10-5(2)8(13)14/h4-5H,1-3H3,(H,9,11)(H,10,12)(H,13,14)/t4?,5-/m1/s1. The molecule has 14 heavy (non-hydrogen) atoms. The Morgan fingerprint density at radius 3 is 1.93 bits per heavy atom. The summed E-state index contributed by atoms with van der Waals surface area (Å²) in [6.07, 6.45) is 0. The normalized spacial score (nSPS) is 13.9. The Kier molecular flexibility index (Phi) is 4.62. The first-order valence-corrected chi connectivity index (χ1v) is 4.15. The van der Waals surface area contributed by atoms with Gasteiger partial charge < -0.3 is 15.7 Å². The van der Waals surface area contributed by atoms with E-state index in [-0.39, 0.29) is 5.91 Å². The monoisotopic (exact) mass is 202 g/mol. The summed E-state index contributed by atoms with van der Waals surface area (Å²) in [7, 11) is 0. The van der Waals surface area contributed by atoms with E-state index in [2.05, 4.69) is 10.6 Å². The lowest BCUT2D eigenvalue weighted by molar-refractivity contribution is -0.141. The van der Waals surface area contributed by atoms with E-state index in [4.69, 9.17) is 5.11 Å². The van der Waals surface area contributed by atoms with E-state index in [1.165, 1.54) is 20.8 Å². The van der Waals surface area contributed by atoms with Gasteiger partial charge >= 0.3 is 5.97 Å². The summed E-state index contributed by atoms with van der Waals surface area (Å²) in [6.45, 7) is 4.11. The van der Waals surface area contributed by atoms with E-state index in [0.29, 0.717) is 0 Å². The van der Waals surface area contributed by atoms with E-state index in [1.807, 2.05) is 0 Å². The number of amides is 2. The highest BCUT2D eigenvalue weighted by Gasteiger charge is 2.18. The quantitative estimate of drug-likeness (QED) is 0.550. The molecule has 0 aliphatic carbocycles. The third kappa shape index (κ3) is 4.44. The van der Waals surface area contributed by atoms with Gasteiger partial charge in [-0.05, 0) is 13.8 Å². The topological polar surface area (TPSA) is 95.5 Å². The summed E-state index contributed by atoms with van der Waals surface area (Å²) in [5.41, 5.74) is 0. The molecular formula is C8H14N2O4. The number of nitrogens with one attached hydrogen (secondary N) is 2. The van der Waals surface area contributed by atoms with Crippen molar-refractivity contribution in [2.24, 2.45) is 0 Å². The molecule has 0 radical (unpaired) electrons. The van der Waals surface area contributed by atoms with Gasteiger partial charge in [0.2, 0.25) is 11.8 Å². The minimum absolute atomic E-state index is 0.337. The van der Waals surface area contributed by atoms with Crippen molar-refractivity contribution >= 4 is 17.8 Å². The van der Waals surface area contributed by atoms with Crippen LogP contribution in [0.4, 0.5) is 0 Å². The predicted octanol–water partition coefficient (Wildman–Crippen LogP) is -0.900. The van der Waals surface area contributed by atoms with Crippen molar-refractivity contribution in [3.8, 4) is 0 Å². The number of rotatable bonds is 4. The molecule has 2 amide bonds. The molecule has 1 unspecified atom stereocenters. The van der Waals surface area contributed by atoms with Crippen molar-refractivity contribution in [1.82, 2.24) is 10.6 Å². The van der Waals surface area contributed by atoms with Gasteiger partial charge in [-0.3, -0.25) is 14.4 Å². The van der Waals surface area contributed by atoms with Gasteiger partial charge in [0.25, 0.3) is 0 Å². The molecule has 0 fully saturated rings. The van der Waals surface area contributed by atoms with Crippen LogP contribution in [0.1, 0.15) is 20.8 Å². The van der Waals surface area contributed by atoms with E-state index in [9.17, 15) is 14.4 Å². The molecule has 0 aromatic carbocycles. The number of hydrogen-bond donors (Lipinski definition) is 3. The van der Waals surface area contributed by atoms with Crippen molar-refractivity contribution in [2.45, 2.75) is 32.9 Å². The van der Waals surface area contributed by atoms with E-state index in [1.54, 1.807) is 0 Å². The van der Waals surface area contributed by atoms with Gasteiger partial charge in [0.15, 0.2) is 0 Å². The Morgan fingerprint density at radius 1 is 1.07 bits per heavy atom. The van der Waals surface area contributed by atoms with Crippen LogP contribution < -0.4 is 10.6 Å². The lowest BCUT2D eigenvalue weighted by Crippen LogP contribution is -2.48. The molecule has 2 atom stereocenters. The van der Waals surface area contributed by atoms with Gasteiger partial charge in [0.05, 0.1) is 0 Å². The molecule has 0 aliphatic heterocycles. The highest BCUT2D eigenvalue weighted by molar-refractivity contribution is 5.89. The second-order valence-electron chi connectivity index (χ2n) is 2.99. The smallest absolute Gasteiger partial charge is 0.325 e. The summed E-state index contributed by atoms with van der Waals surface area (Å²) < 4.78 is 0. The number of carboxylic acid groups (broad SMARTS) is 1. The van der Waals surface area contributed by atoms with Gasteiger partial charge in [-0.1, -0.05) is 0 Å². The number of carbonyl (C=O) groups excluding carboxylic acids is 2. The van der Waals surface area contributed by atoms with Crippen LogP contribution in [-0.4, -0.2) is 35.0 Å². The largest absolute Gasteiger partial charge is 0.480 e.